The standard InChI is InChI=1S/C16H28N2O/c1-3-5-6-7-8-16(18-17)14-9-11-15(12-10-14)19-13-4-2/h9-12,16,18H,3-8,13,17H2,1-2H3. The third-order valence-corrected chi connectivity index (χ3v) is 3.30. The summed E-state index contributed by atoms with van der Waals surface area (Å²) in [5.74, 6) is 6.59. The monoisotopic (exact) mass is 264 g/mol. The number of unbranched alkanes of at least 4 members (excludes halogenated alkanes) is 3. The molecule has 1 unspecified atom stereocenters. The molecule has 1 aromatic carbocycles. The molecule has 0 radical (unpaired) electrons. The number of hydrogen-bond donors (Lipinski definition) is 2. The summed E-state index contributed by atoms with van der Waals surface area (Å²) in [6, 6.07) is 8.52. The van der Waals surface area contributed by atoms with Gasteiger partial charge in [0.25, 0.3) is 0 Å². The van der Waals surface area contributed by atoms with Crippen molar-refractivity contribution in [2.75, 3.05) is 6.61 Å². The quantitative estimate of drug-likeness (QED) is 0.382. The van der Waals surface area contributed by atoms with Crippen LogP contribution in [0, 0.1) is 0 Å². The Morgan fingerprint density at radius 1 is 1.05 bits per heavy atom. The van der Waals surface area contributed by atoms with E-state index in [2.05, 4.69) is 31.4 Å². The van der Waals surface area contributed by atoms with Gasteiger partial charge in [0.2, 0.25) is 0 Å². The molecule has 108 valence electrons. The largest absolute Gasteiger partial charge is 0.494 e. The Morgan fingerprint density at radius 3 is 2.37 bits per heavy atom. The summed E-state index contributed by atoms with van der Waals surface area (Å²) in [4.78, 5) is 0. The van der Waals surface area contributed by atoms with Gasteiger partial charge in [-0.3, -0.25) is 11.3 Å². The van der Waals surface area contributed by atoms with Crippen LogP contribution < -0.4 is 16.0 Å². The van der Waals surface area contributed by atoms with E-state index >= 15 is 0 Å². The van der Waals surface area contributed by atoms with Crippen LogP contribution in [0.25, 0.3) is 0 Å². The van der Waals surface area contributed by atoms with E-state index in [-0.39, 0.29) is 6.04 Å². The minimum Gasteiger partial charge on any atom is -0.494 e. The Balaban J connectivity index is 2.46. The molecule has 0 heterocycles. The van der Waals surface area contributed by atoms with Gasteiger partial charge in [0.15, 0.2) is 0 Å². The second-order valence-electron chi connectivity index (χ2n) is 4.99. The van der Waals surface area contributed by atoms with Gasteiger partial charge in [-0.25, -0.2) is 0 Å². The number of hydrazine groups is 1. The third-order valence-electron chi connectivity index (χ3n) is 3.30. The van der Waals surface area contributed by atoms with Crippen LogP contribution in [0.3, 0.4) is 0 Å². The van der Waals surface area contributed by atoms with Crippen LogP contribution in [0.5, 0.6) is 5.75 Å². The Bertz CT molecular complexity index is 324. The highest BCUT2D eigenvalue weighted by Crippen LogP contribution is 2.22. The molecule has 0 aliphatic carbocycles. The minimum atomic E-state index is 0.247. The summed E-state index contributed by atoms with van der Waals surface area (Å²) in [7, 11) is 0. The molecule has 0 saturated heterocycles. The Morgan fingerprint density at radius 2 is 1.79 bits per heavy atom. The molecule has 0 amide bonds. The Hall–Kier alpha value is -1.06. The van der Waals surface area contributed by atoms with Crippen LogP contribution in [0.4, 0.5) is 0 Å². The van der Waals surface area contributed by atoms with Gasteiger partial charge in [0, 0.05) is 6.04 Å². The topological polar surface area (TPSA) is 47.3 Å². The number of nitrogens with one attached hydrogen (secondary N) is 1. The predicted molar refractivity (Wildman–Crippen MR) is 81.1 cm³/mol. The van der Waals surface area contributed by atoms with Crippen LogP contribution in [-0.2, 0) is 0 Å². The van der Waals surface area contributed by atoms with E-state index in [1.807, 2.05) is 12.1 Å². The van der Waals surface area contributed by atoms with E-state index in [0.29, 0.717) is 0 Å². The van der Waals surface area contributed by atoms with Crippen molar-refractivity contribution < 1.29 is 4.74 Å². The van der Waals surface area contributed by atoms with Gasteiger partial charge in [-0.2, -0.15) is 0 Å². The van der Waals surface area contributed by atoms with E-state index in [1.165, 1.54) is 31.2 Å². The molecular weight excluding hydrogens is 236 g/mol. The molecule has 0 bridgehead atoms. The second-order valence-corrected chi connectivity index (χ2v) is 4.99. The average Bonchev–Trinajstić information content (AvgIpc) is 2.46. The van der Waals surface area contributed by atoms with Crippen molar-refractivity contribution in [3.8, 4) is 5.75 Å². The smallest absolute Gasteiger partial charge is 0.119 e. The summed E-state index contributed by atoms with van der Waals surface area (Å²) < 4.78 is 5.58. The minimum absolute atomic E-state index is 0.247. The molecular formula is C16H28N2O. The van der Waals surface area contributed by atoms with Crippen LogP contribution in [-0.4, -0.2) is 6.61 Å². The van der Waals surface area contributed by atoms with Crippen molar-refractivity contribution in [3.05, 3.63) is 29.8 Å². The fourth-order valence-electron chi connectivity index (χ4n) is 2.14. The predicted octanol–water partition coefficient (Wildman–Crippen LogP) is 3.95. The maximum Gasteiger partial charge on any atom is 0.119 e. The zero-order valence-corrected chi connectivity index (χ0v) is 12.3. The third kappa shape index (κ3) is 6.08. The molecule has 3 N–H and O–H groups in total. The van der Waals surface area contributed by atoms with Crippen LogP contribution in [0.1, 0.15) is 64.0 Å². The number of benzene rings is 1. The van der Waals surface area contributed by atoms with Crippen molar-refractivity contribution >= 4 is 0 Å². The first-order valence-corrected chi connectivity index (χ1v) is 7.50. The Labute approximate surface area is 117 Å². The molecule has 0 fully saturated rings. The highest BCUT2D eigenvalue weighted by Gasteiger charge is 2.09. The van der Waals surface area contributed by atoms with Gasteiger partial charge in [0.1, 0.15) is 5.75 Å². The van der Waals surface area contributed by atoms with E-state index in [4.69, 9.17) is 10.6 Å². The van der Waals surface area contributed by atoms with Gasteiger partial charge in [-0.1, -0.05) is 51.7 Å². The van der Waals surface area contributed by atoms with Gasteiger partial charge in [0.05, 0.1) is 6.61 Å². The lowest BCUT2D eigenvalue weighted by Gasteiger charge is -2.16. The first kappa shape index (κ1) is 16.0. The first-order valence-electron chi connectivity index (χ1n) is 7.50. The number of rotatable bonds is 10. The summed E-state index contributed by atoms with van der Waals surface area (Å²) in [6.45, 7) is 5.11. The number of nitrogens with two attached hydrogens (primary N) is 1. The maximum atomic E-state index is 5.66. The first-order chi connectivity index (χ1) is 9.31. The molecule has 1 rings (SSSR count). The molecule has 1 aromatic rings. The average molecular weight is 264 g/mol. The van der Waals surface area contributed by atoms with Crippen molar-refractivity contribution in [3.63, 3.8) is 0 Å². The summed E-state index contributed by atoms with van der Waals surface area (Å²) >= 11 is 0. The van der Waals surface area contributed by atoms with Gasteiger partial charge in [-0.15, -0.1) is 0 Å². The lowest BCUT2D eigenvalue weighted by atomic mass is 10.0. The van der Waals surface area contributed by atoms with Crippen LogP contribution in [0.15, 0.2) is 24.3 Å². The fraction of sp³-hybridized carbons (Fsp3) is 0.625. The normalized spacial score (nSPS) is 12.4. The van der Waals surface area contributed by atoms with E-state index in [1.54, 1.807) is 0 Å². The number of hydrogen-bond acceptors (Lipinski definition) is 3. The zero-order chi connectivity index (χ0) is 13.9. The van der Waals surface area contributed by atoms with E-state index < -0.39 is 0 Å². The van der Waals surface area contributed by atoms with E-state index in [0.717, 1.165) is 25.2 Å². The molecule has 19 heavy (non-hydrogen) atoms. The number of ether oxygens (including phenoxy) is 1. The van der Waals surface area contributed by atoms with Crippen molar-refractivity contribution in [2.24, 2.45) is 5.84 Å². The van der Waals surface area contributed by atoms with Crippen molar-refractivity contribution in [2.45, 2.75) is 58.4 Å². The molecule has 0 saturated carbocycles. The fourth-order valence-corrected chi connectivity index (χ4v) is 2.14. The molecule has 0 aliphatic rings. The van der Waals surface area contributed by atoms with Crippen LogP contribution >= 0.6 is 0 Å². The summed E-state index contributed by atoms with van der Waals surface area (Å²) in [5, 5.41) is 0. The molecule has 1 atom stereocenters. The summed E-state index contributed by atoms with van der Waals surface area (Å²) in [5.41, 5.74) is 4.16. The zero-order valence-electron chi connectivity index (χ0n) is 12.3. The highest BCUT2D eigenvalue weighted by molar-refractivity contribution is 5.29. The van der Waals surface area contributed by atoms with Gasteiger partial charge >= 0.3 is 0 Å². The van der Waals surface area contributed by atoms with Crippen molar-refractivity contribution in [1.82, 2.24) is 5.43 Å². The SMILES string of the molecule is CCCCCCC(NN)c1ccc(OCCC)cc1. The van der Waals surface area contributed by atoms with E-state index in [9.17, 15) is 0 Å². The lowest BCUT2D eigenvalue weighted by Crippen LogP contribution is -2.27. The molecule has 0 aliphatic heterocycles. The summed E-state index contributed by atoms with van der Waals surface area (Å²) in [6.07, 6.45) is 7.20. The molecule has 3 nitrogen and oxygen atoms in total. The molecule has 0 aromatic heterocycles. The molecule has 3 heteroatoms. The lowest BCUT2D eigenvalue weighted by molar-refractivity contribution is 0.317. The highest BCUT2D eigenvalue weighted by atomic mass is 16.5. The second kappa shape index (κ2) is 9.82. The Kier molecular flexibility index (Phi) is 8.26. The van der Waals surface area contributed by atoms with Gasteiger partial charge in [-0.05, 0) is 30.5 Å². The van der Waals surface area contributed by atoms with Crippen LogP contribution in [0.2, 0.25) is 0 Å². The molecule has 0 spiro atoms. The van der Waals surface area contributed by atoms with Gasteiger partial charge < -0.3 is 4.74 Å². The maximum absolute atomic E-state index is 5.66. The van der Waals surface area contributed by atoms with Crippen molar-refractivity contribution in [1.29, 1.82) is 0 Å².